The molecule has 2 heterocycles. The van der Waals surface area contributed by atoms with Gasteiger partial charge in [-0.1, -0.05) is 36.4 Å². The molecule has 1 N–H and O–H groups in total. The third kappa shape index (κ3) is 5.64. The number of benzene rings is 2. The van der Waals surface area contributed by atoms with Crippen LogP contribution in [0.25, 0.3) is 10.6 Å². The standard InChI is InChI=1S/C24H25N5O4S/c1-17-7-8-19(13-21(17)29(32)33)23(31)25-14-22(30)28-11-9-27(10-12-28)15-20-16-34-24(26-20)18-5-3-2-4-6-18/h2-8,13,16H,9-12,14-15H2,1H3,(H,25,31). The Bertz CT molecular complexity index is 1190. The van der Waals surface area contributed by atoms with Crippen molar-refractivity contribution in [2.75, 3.05) is 32.7 Å². The summed E-state index contributed by atoms with van der Waals surface area (Å²) in [6, 6.07) is 14.4. The van der Waals surface area contributed by atoms with Crippen LogP contribution in [0.1, 0.15) is 21.6 Å². The van der Waals surface area contributed by atoms with E-state index in [0.29, 0.717) is 18.7 Å². The van der Waals surface area contributed by atoms with Gasteiger partial charge in [0.15, 0.2) is 0 Å². The van der Waals surface area contributed by atoms with Gasteiger partial charge in [-0.15, -0.1) is 11.3 Å². The molecule has 2 aromatic carbocycles. The Balaban J connectivity index is 1.24. The first-order chi connectivity index (χ1) is 16.4. The summed E-state index contributed by atoms with van der Waals surface area (Å²) >= 11 is 1.63. The van der Waals surface area contributed by atoms with Crippen molar-refractivity contribution in [1.82, 2.24) is 20.1 Å². The van der Waals surface area contributed by atoms with Crippen molar-refractivity contribution in [3.63, 3.8) is 0 Å². The fourth-order valence-corrected chi connectivity index (χ4v) is 4.61. The van der Waals surface area contributed by atoms with E-state index < -0.39 is 10.8 Å². The van der Waals surface area contributed by atoms with E-state index in [4.69, 9.17) is 4.98 Å². The van der Waals surface area contributed by atoms with Crippen molar-refractivity contribution >= 4 is 28.8 Å². The molecule has 1 aliphatic rings. The molecule has 1 aromatic heterocycles. The maximum atomic E-state index is 12.6. The summed E-state index contributed by atoms with van der Waals surface area (Å²) in [6.07, 6.45) is 0. The fraction of sp³-hybridized carbons (Fsp3) is 0.292. The number of nitrogens with one attached hydrogen (secondary N) is 1. The zero-order chi connectivity index (χ0) is 24.1. The Kier molecular flexibility index (Phi) is 7.29. The second-order valence-corrected chi connectivity index (χ2v) is 8.97. The van der Waals surface area contributed by atoms with Crippen LogP contribution in [0.4, 0.5) is 5.69 Å². The van der Waals surface area contributed by atoms with Crippen molar-refractivity contribution in [2.45, 2.75) is 13.5 Å². The number of nitro benzene ring substituents is 1. The zero-order valence-electron chi connectivity index (χ0n) is 18.8. The number of hydrogen-bond donors (Lipinski definition) is 1. The quantitative estimate of drug-likeness (QED) is 0.412. The van der Waals surface area contributed by atoms with E-state index in [9.17, 15) is 19.7 Å². The van der Waals surface area contributed by atoms with Gasteiger partial charge in [-0.3, -0.25) is 24.6 Å². The summed E-state index contributed by atoms with van der Waals surface area (Å²) in [6.45, 7) is 4.78. The number of aromatic nitrogens is 1. The van der Waals surface area contributed by atoms with Crippen LogP contribution in [0.3, 0.4) is 0 Å². The molecule has 2 amide bonds. The Labute approximate surface area is 201 Å². The lowest BCUT2D eigenvalue weighted by Crippen LogP contribution is -2.50. The second kappa shape index (κ2) is 10.5. The molecule has 0 unspecified atom stereocenters. The molecule has 3 aromatic rings. The SMILES string of the molecule is Cc1ccc(C(=O)NCC(=O)N2CCN(Cc3csc(-c4ccccc4)n3)CC2)cc1[N+](=O)[O-]. The normalized spacial score (nSPS) is 14.1. The van der Waals surface area contributed by atoms with E-state index in [1.807, 2.05) is 30.3 Å². The number of hydrogen-bond acceptors (Lipinski definition) is 7. The number of amides is 2. The van der Waals surface area contributed by atoms with Crippen LogP contribution in [0.15, 0.2) is 53.9 Å². The van der Waals surface area contributed by atoms with Gasteiger partial charge in [-0.2, -0.15) is 0 Å². The lowest BCUT2D eigenvalue weighted by molar-refractivity contribution is -0.385. The second-order valence-electron chi connectivity index (χ2n) is 8.11. The first kappa shape index (κ1) is 23.5. The molecule has 1 fully saturated rings. The van der Waals surface area contributed by atoms with E-state index >= 15 is 0 Å². The van der Waals surface area contributed by atoms with E-state index in [0.717, 1.165) is 35.9 Å². The van der Waals surface area contributed by atoms with Gasteiger partial charge in [0.05, 0.1) is 17.2 Å². The van der Waals surface area contributed by atoms with E-state index in [1.54, 1.807) is 23.2 Å². The predicted octanol–water partition coefficient (Wildman–Crippen LogP) is 3.10. The average Bonchev–Trinajstić information content (AvgIpc) is 3.32. The van der Waals surface area contributed by atoms with Crippen molar-refractivity contribution in [1.29, 1.82) is 0 Å². The van der Waals surface area contributed by atoms with E-state index in [-0.39, 0.29) is 23.7 Å². The Morgan fingerprint density at radius 3 is 2.56 bits per heavy atom. The van der Waals surface area contributed by atoms with E-state index in [1.165, 1.54) is 18.2 Å². The molecule has 176 valence electrons. The van der Waals surface area contributed by atoms with Gasteiger partial charge in [-0.05, 0) is 13.0 Å². The molecule has 0 radical (unpaired) electrons. The molecule has 10 heteroatoms. The number of rotatable bonds is 7. The summed E-state index contributed by atoms with van der Waals surface area (Å²) in [5.74, 6) is -0.678. The topological polar surface area (TPSA) is 109 Å². The van der Waals surface area contributed by atoms with Crippen LogP contribution in [0.2, 0.25) is 0 Å². The summed E-state index contributed by atoms with van der Waals surface area (Å²) in [7, 11) is 0. The first-order valence-corrected chi connectivity index (χ1v) is 11.8. The first-order valence-electron chi connectivity index (χ1n) is 10.9. The number of nitrogens with zero attached hydrogens (tertiary/aromatic N) is 4. The number of thiazole rings is 1. The van der Waals surface area contributed by atoms with Gasteiger partial charge >= 0.3 is 0 Å². The summed E-state index contributed by atoms with van der Waals surface area (Å²) in [4.78, 5) is 44.2. The van der Waals surface area contributed by atoms with Crippen molar-refractivity contribution in [3.05, 3.63) is 80.8 Å². The molecule has 4 rings (SSSR count). The molecule has 0 spiro atoms. The molecule has 9 nitrogen and oxygen atoms in total. The predicted molar refractivity (Wildman–Crippen MR) is 130 cm³/mol. The van der Waals surface area contributed by atoms with Crippen LogP contribution < -0.4 is 5.32 Å². The Morgan fingerprint density at radius 1 is 1.12 bits per heavy atom. The van der Waals surface area contributed by atoms with Crippen molar-refractivity contribution < 1.29 is 14.5 Å². The molecule has 0 atom stereocenters. The Morgan fingerprint density at radius 2 is 1.85 bits per heavy atom. The van der Waals surface area contributed by atoms with Gasteiger partial charge in [0.1, 0.15) is 5.01 Å². The van der Waals surface area contributed by atoms with Gasteiger partial charge in [-0.25, -0.2) is 4.98 Å². The lowest BCUT2D eigenvalue weighted by Gasteiger charge is -2.34. The summed E-state index contributed by atoms with van der Waals surface area (Å²) in [5.41, 5.74) is 2.64. The highest BCUT2D eigenvalue weighted by Crippen LogP contribution is 2.24. The number of aryl methyl sites for hydroxylation is 1. The van der Waals surface area contributed by atoms with Crippen LogP contribution in [0.5, 0.6) is 0 Å². The number of carbonyl (C=O) groups is 2. The highest BCUT2D eigenvalue weighted by molar-refractivity contribution is 7.13. The molecule has 1 aliphatic heterocycles. The minimum absolute atomic E-state index is 0.119. The largest absolute Gasteiger partial charge is 0.343 e. The summed E-state index contributed by atoms with van der Waals surface area (Å²) < 4.78 is 0. The minimum atomic E-state index is -0.523. The molecule has 1 saturated heterocycles. The number of piperazine rings is 1. The highest BCUT2D eigenvalue weighted by atomic mass is 32.1. The zero-order valence-corrected chi connectivity index (χ0v) is 19.6. The van der Waals surface area contributed by atoms with Crippen LogP contribution in [0, 0.1) is 17.0 Å². The molecule has 0 bridgehead atoms. The third-order valence-electron chi connectivity index (χ3n) is 5.75. The highest BCUT2D eigenvalue weighted by Gasteiger charge is 2.23. The smallest absolute Gasteiger partial charge is 0.273 e. The number of nitro groups is 1. The third-order valence-corrected chi connectivity index (χ3v) is 6.69. The molecular weight excluding hydrogens is 454 g/mol. The van der Waals surface area contributed by atoms with Crippen molar-refractivity contribution in [3.8, 4) is 10.6 Å². The van der Waals surface area contributed by atoms with E-state index in [2.05, 4.69) is 15.6 Å². The fourth-order valence-electron chi connectivity index (χ4n) is 3.79. The van der Waals surface area contributed by atoms with Gasteiger partial charge in [0, 0.05) is 60.9 Å². The van der Waals surface area contributed by atoms with Gasteiger partial charge < -0.3 is 10.2 Å². The average molecular weight is 480 g/mol. The lowest BCUT2D eigenvalue weighted by atomic mass is 10.1. The van der Waals surface area contributed by atoms with Crippen LogP contribution >= 0.6 is 11.3 Å². The van der Waals surface area contributed by atoms with Gasteiger partial charge in [0.25, 0.3) is 11.6 Å². The summed E-state index contributed by atoms with van der Waals surface area (Å²) in [5, 5.41) is 16.7. The molecular formula is C24H25N5O4S. The Hall–Kier alpha value is -3.63. The maximum absolute atomic E-state index is 12.6. The van der Waals surface area contributed by atoms with Crippen LogP contribution in [-0.4, -0.2) is 64.2 Å². The monoisotopic (exact) mass is 479 g/mol. The van der Waals surface area contributed by atoms with Crippen molar-refractivity contribution in [2.24, 2.45) is 0 Å². The molecule has 0 aliphatic carbocycles. The molecule has 34 heavy (non-hydrogen) atoms. The van der Waals surface area contributed by atoms with Gasteiger partial charge in [0.2, 0.25) is 5.91 Å². The number of carbonyl (C=O) groups excluding carboxylic acids is 2. The van der Waals surface area contributed by atoms with Crippen LogP contribution in [-0.2, 0) is 11.3 Å². The maximum Gasteiger partial charge on any atom is 0.273 e. The molecule has 0 saturated carbocycles. The minimum Gasteiger partial charge on any atom is -0.343 e.